The van der Waals surface area contributed by atoms with Crippen molar-refractivity contribution < 1.29 is 4.79 Å². The minimum absolute atomic E-state index is 0.183. The summed E-state index contributed by atoms with van der Waals surface area (Å²) in [6, 6.07) is 12.3. The Morgan fingerprint density at radius 2 is 1.85 bits per heavy atom. The fourth-order valence-electron chi connectivity index (χ4n) is 3.94. The van der Waals surface area contributed by atoms with E-state index in [1.54, 1.807) is 24.3 Å². The molecule has 2 heterocycles. The van der Waals surface area contributed by atoms with Gasteiger partial charge in [-0.05, 0) is 43.3 Å². The molecule has 0 atom stereocenters. The quantitative estimate of drug-likeness (QED) is 0.264. The molecule has 33 heavy (non-hydrogen) atoms. The second-order valence-electron chi connectivity index (χ2n) is 7.91. The van der Waals surface area contributed by atoms with Gasteiger partial charge in [-0.2, -0.15) is 0 Å². The van der Waals surface area contributed by atoms with Gasteiger partial charge in [-0.25, -0.2) is 4.98 Å². The number of likely N-dealkylation sites (N-methyl/N-ethyl adjacent to an activating group) is 1. The average Bonchev–Trinajstić information content (AvgIpc) is 2.83. The van der Waals surface area contributed by atoms with E-state index in [0.29, 0.717) is 50.4 Å². The number of nitrogens with zero attached hydrogens (tertiary/aromatic N) is 4. The lowest BCUT2D eigenvalue weighted by Gasteiger charge is -2.34. The molecule has 9 heteroatoms. The number of aromatic nitrogens is 2. The fraction of sp³-hybridized carbons (Fsp3) is 0.375. The Morgan fingerprint density at radius 3 is 2.58 bits per heavy atom. The summed E-state index contributed by atoms with van der Waals surface area (Å²) in [5.74, 6) is 0.854. The third kappa shape index (κ3) is 5.54. The second-order valence-corrected chi connectivity index (χ2v) is 9.82. The van der Waals surface area contributed by atoms with Crippen molar-refractivity contribution in [2.24, 2.45) is 0 Å². The van der Waals surface area contributed by atoms with Crippen LogP contribution in [0.25, 0.3) is 16.6 Å². The van der Waals surface area contributed by atoms with E-state index in [1.165, 1.54) is 16.3 Å². The first kappa shape index (κ1) is 24.1. The van der Waals surface area contributed by atoms with Crippen LogP contribution in [0, 0.1) is 0 Å². The predicted octanol–water partition coefficient (Wildman–Crippen LogP) is 4.73. The van der Waals surface area contributed by atoms with Crippen molar-refractivity contribution in [1.82, 2.24) is 19.4 Å². The van der Waals surface area contributed by atoms with Gasteiger partial charge in [0, 0.05) is 43.4 Å². The molecular weight excluding hydrogens is 479 g/mol. The predicted molar refractivity (Wildman–Crippen MR) is 136 cm³/mol. The zero-order valence-electron chi connectivity index (χ0n) is 18.5. The second kappa shape index (κ2) is 10.9. The molecule has 0 radical (unpaired) electrons. The topological polar surface area (TPSA) is 58.4 Å². The van der Waals surface area contributed by atoms with E-state index in [4.69, 9.17) is 28.2 Å². The Balaban J connectivity index is 1.50. The van der Waals surface area contributed by atoms with Crippen molar-refractivity contribution >= 4 is 51.8 Å². The van der Waals surface area contributed by atoms with E-state index >= 15 is 0 Å². The van der Waals surface area contributed by atoms with Crippen molar-refractivity contribution in [3.05, 3.63) is 62.9 Å². The van der Waals surface area contributed by atoms with Gasteiger partial charge in [0.1, 0.15) is 0 Å². The third-order valence-electron chi connectivity index (χ3n) is 5.83. The van der Waals surface area contributed by atoms with Crippen LogP contribution in [0.5, 0.6) is 0 Å². The van der Waals surface area contributed by atoms with Gasteiger partial charge >= 0.3 is 0 Å². The zero-order chi connectivity index (χ0) is 23.4. The van der Waals surface area contributed by atoms with E-state index in [2.05, 4.69) is 11.8 Å². The molecule has 4 rings (SSSR count). The Hall–Kier alpha value is -2.06. The molecule has 1 aliphatic heterocycles. The van der Waals surface area contributed by atoms with Crippen LogP contribution < -0.4 is 5.56 Å². The normalized spacial score (nSPS) is 14.7. The lowest BCUT2D eigenvalue weighted by Crippen LogP contribution is -2.48. The number of carbonyl (C=O) groups is 1. The number of hydrogen-bond acceptors (Lipinski definition) is 5. The number of fused-ring (bicyclic) bond motifs is 1. The van der Waals surface area contributed by atoms with Crippen LogP contribution in [0.2, 0.25) is 10.0 Å². The highest BCUT2D eigenvalue weighted by atomic mass is 35.5. The fourth-order valence-corrected chi connectivity index (χ4v) is 5.38. The van der Waals surface area contributed by atoms with Gasteiger partial charge in [-0.3, -0.25) is 14.2 Å². The summed E-state index contributed by atoms with van der Waals surface area (Å²) in [4.78, 5) is 35.0. The molecule has 0 bridgehead atoms. The summed E-state index contributed by atoms with van der Waals surface area (Å²) in [7, 11) is 0. The van der Waals surface area contributed by atoms with Crippen molar-refractivity contribution in [3.63, 3.8) is 0 Å². The largest absolute Gasteiger partial charge is 0.340 e. The first-order valence-electron chi connectivity index (χ1n) is 11.1. The lowest BCUT2D eigenvalue weighted by atomic mass is 10.2. The highest BCUT2D eigenvalue weighted by Gasteiger charge is 2.20. The average molecular weight is 505 g/mol. The number of amides is 1. The third-order valence-corrected chi connectivity index (χ3v) is 7.40. The number of thioether (sulfide) groups is 1. The summed E-state index contributed by atoms with van der Waals surface area (Å²) < 4.78 is 1.54. The van der Waals surface area contributed by atoms with Gasteiger partial charge in [0.2, 0.25) is 5.91 Å². The van der Waals surface area contributed by atoms with Crippen LogP contribution in [0.3, 0.4) is 0 Å². The molecule has 1 aromatic heterocycles. The number of carbonyl (C=O) groups excluding carboxylic acids is 1. The van der Waals surface area contributed by atoms with Crippen LogP contribution in [0.15, 0.2) is 52.4 Å². The molecule has 174 valence electrons. The van der Waals surface area contributed by atoms with E-state index in [0.717, 1.165) is 32.7 Å². The molecule has 0 N–H and O–H groups in total. The molecule has 0 saturated carbocycles. The molecular formula is C24H26Cl2N4O2S. The highest BCUT2D eigenvalue weighted by Crippen LogP contribution is 2.28. The van der Waals surface area contributed by atoms with E-state index in [1.807, 2.05) is 23.1 Å². The van der Waals surface area contributed by atoms with Crippen molar-refractivity contribution in [2.45, 2.75) is 24.9 Å². The van der Waals surface area contributed by atoms with Crippen LogP contribution in [0.4, 0.5) is 0 Å². The Kier molecular flexibility index (Phi) is 7.96. The monoisotopic (exact) mass is 504 g/mol. The van der Waals surface area contributed by atoms with E-state index in [-0.39, 0.29) is 11.5 Å². The van der Waals surface area contributed by atoms with Gasteiger partial charge in [0.15, 0.2) is 5.16 Å². The van der Waals surface area contributed by atoms with Gasteiger partial charge < -0.3 is 9.80 Å². The summed E-state index contributed by atoms with van der Waals surface area (Å²) in [6.07, 6.45) is 1.19. The lowest BCUT2D eigenvalue weighted by molar-refractivity contribution is -0.132. The minimum Gasteiger partial charge on any atom is -0.340 e. The summed E-state index contributed by atoms with van der Waals surface area (Å²) >= 11 is 14.0. The Morgan fingerprint density at radius 1 is 1.09 bits per heavy atom. The van der Waals surface area contributed by atoms with Crippen LogP contribution in [-0.4, -0.2) is 63.7 Å². The van der Waals surface area contributed by atoms with Crippen LogP contribution >= 0.6 is 35.0 Å². The molecule has 2 aromatic carbocycles. The number of hydrogen-bond donors (Lipinski definition) is 0. The molecule has 1 aliphatic rings. The van der Waals surface area contributed by atoms with Crippen LogP contribution in [0.1, 0.15) is 19.8 Å². The molecule has 1 saturated heterocycles. The summed E-state index contributed by atoms with van der Waals surface area (Å²) in [5, 5.41) is 1.95. The number of benzene rings is 2. The maximum Gasteiger partial charge on any atom is 0.266 e. The van der Waals surface area contributed by atoms with Crippen LogP contribution in [-0.2, 0) is 4.79 Å². The SMILES string of the molecule is CCN1CCN(C(=O)CCCSc2nc3ccccc3c(=O)n2-c2ccc(Cl)cc2Cl)CC1. The van der Waals surface area contributed by atoms with E-state index < -0.39 is 0 Å². The van der Waals surface area contributed by atoms with Gasteiger partial charge in [0.25, 0.3) is 5.56 Å². The Labute approximate surface area is 207 Å². The first-order valence-corrected chi connectivity index (χ1v) is 12.8. The molecule has 1 fully saturated rings. The maximum atomic E-state index is 13.3. The molecule has 0 unspecified atom stereocenters. The molecule has 0 spiro atoms. The molecule has 1 amide bonds. The molecule has 6 nitrogen and oxygen atoms in total. The number of rotatable bonds is 7. The van der Waals surface area contributed by atoms with Crippen molar-refractivity contribution in [3.8, 4) is 5.69 Å². The summed E-state index contributed by atoms with van der Waals surface area (Å²) in [5.41, 5.74) is 0.991. The highest BCUT2D eigenvalue weighted by molar-refractivity contribution is 7.99. The van der Waals surface area contributed by atoms with Gasteiger partial charge in [-0.1, -0.05) is 54.0 Å². The first-order chi connectivity index (χ1) is 16.0. The summed E-state index contributed by atoms with van der Waals surface area (Å²) in [6.45, 7) is 6.63. The van der Waals surface area contributed by atoms with Crippen molar-refractivity contribution in [1.29, 1.82) is 0 Å². The Bertz CT molecular complexity index is 1210. The molecule has 3 aromatic rings. The number of para-hydroxylation sites is 1. The van der Waals surface area contributed by atoms with E-state index in [9.17, 15) is 9.59 Å². The van der Waals surface area contributed by atoms with Gasteiger partial charge in [0.05, 0.1) is 21.6 Å². The molecule has 0 aliphatic carbocycles. The number of piperazine rings is 1. The standard InChI is InChI=1S/C24H26Cl2N4O2S/c1-2-28-11-13-29(14-12-28)22(31)8-5-15-33-24-27-20-7-4-3-6-18(20)23(32)30(24)21-10-9-17(25)16-19(21)26/h3-4,6-7,9-10,16H,2,5,8,11-15H2,1H3. The minimum atomic E-state index is -0.183. The van der Waals surface area contributed by atoms with Crippen molar-refractivity contribution in [2.75, 3.05) is 38.5 Å². The van der Waals surface area contributed by atoms with Gasteiger partial charge in [-0.15, -0.1) is 0 Å². The smallest absolute Gasteiger partial charge is 0.266 e. The zero-order valence-corrected chi connectivity index (χ0v) is 20.8. The number of halogens is 2. The maximum absolute atomic E-state index is 13.3.